The number of ether oxygens (including phenoxy) is 1. The molecule has 1 saturated carbocycles. The Bertz CT molecular complexity index is 3540. The molecule has 1 fully saturated rings. The zero-order valence-electron chi connectivity index (χ0n) is 35.9. The summed E-state index contributed by atoms with van der Waals surface area (Å²) in [5.41, 5.74) is 12.3. The predicted octanol–water partition coefficient (Wildman–Crippen LogP) is 14.9. The van der Waals surface area contributed by atoms with Gasteiger partial charge in [0, 0.05) is 83.2 Å². The number of hydrogen-bond acceptors (Lipinski definition) is 4. The fraction of sp³-hybridized carbons (Fsp3) is 0.0847. The third kappa shape index (κ3) is 6.46. The Morgan fingerprint density at radius 1 is 0.485 bits per heavy atom. The van der Waals surface area contributed by atoms with Crippen molar-refractivity contribution in [1.82, 2.24) is 14.1 Å². The molecule has 13 rings (SSSR count). The van der Waals surface area contributed by atoms with Crippen molar-refractivity contribution in [3.8, 4) is 23.0 Å². The molecule has 0 bridgehead atoms. The summed E-state index contributed by atoms with van der Waals surface area (Å²) in [6, 6.07) is 76.1. The Hall–Kier alpha value is -7.40. The molecule has 0 spiro atoms. The third-order valence-corrected chi connectivity index (χ3v) is 13.7. The number of pyridine rings is 1. The van der Waals surface area contributed by atoms with E-state index < -0.39 is 0 Å². The van der Waals surface area contributed by atoms with Crippen LogP contribution >= 0.6 is 0 Å². The van der Waals surface area contributed by atoms with Gasteiger partial charge in [0.25, 0.3) is 0 Å². The largest absolute Gasteiger partial charge is 0.509 e. The zero-order chi connectivity index (χ0) is 42.9. The van der Waals surface area contributed by atoms with E-state index in [-0.39, 0.29) is 26.5 Å². The maximum Gasteiger partial charge on any atom is 0.135 e. The number of anilines is 4. The van der Waals surface area contributed by atoms with Crippen LogP contribution in [0.5, 0.6) is 11.5 Å². The van der Waals surface area contributed by atoms with Gasteiger partial charge in [-0.15, -0.1) is 48.1 Å². The number of aromatic nitrogens is 3. The Balaban J connectivity index is 0.00000456. The van der Waals surface area contributed by atoms with Gasteiger partial charge in [0.05, 0.1) is 11.0 Å². The van der Waals surface area contributed by atoms with Crippen LogP contribution in [0.1, 0.15) is 36.8 Å². The molecule has 1 aliphatic carbocycles. The molecule has 11 aromatic rings. The zero-order valence-corrected chi connectivity index (χ0v) is 38.2. The molecular weight excluding hydrogens is 990 g/mol. The molecule has 7 heteroatoms. The molecule has 322 valence electrons. The minimum absolute atomic E-state index is 0. The van der Waals surface area contributed by atoms with Crippen LogP contribution in [0.4, 0.5) is 22.7 Å². The van der Waals surface area contributed by atoms with E-state index in [1.54, 1.807) is 0 Å². The molecule has 8 aromatic carbocycles. The molecule has 0 atom stereocenters. The Kier molecular flexibility index (Phi) is 9.87. The first kappa shape index (κ1) is 40.1. The van der Waals surface area contributed by atoms with Gasteiger partial charge in [-0.3, -0.25) is 0 Å². The van der Waals surface area contributed by atoms with Gasteiger partial charge in [-0.05, 0) is 96.1 Å². The monoisotopic (exact) mass is 1030 g/mol. The summed E-state index contributed by atoms with van der Waals surface area (Å²) < 4.78 is 11.3. The second-order valence-corrected chi connectivity index (χ2v) is 17.2. The summed E-state index contributed by atoms with van der Waals surface area (Å²) >= 11 is 0. The van der Waals surface area contributed by atoms with Crippen LogP contribution in [0.3, 0.4) is 0 Å². The number of nitrogens with zero attached hydrogens (tertiary/aromatic N) is 5. The van der Waals surface area contributed by atoms with E-state index in [2.05, 4.69) is 214 Å². The number of para-hydroxylation sites is 5. The average molecular weight is 1030 g/mol. The van der Waals surface area contributed by atoms with Crippen molar-refractivity contribution < 1.29 is 25.8 Å². The van der Waals surface area contributed by atoms with E-state index in [4.69, 9.17) is 9.72 Å². The molecule has 0 unspecified atom stereocenters. The molecular formula is C59H42N5OPt-3. The van der Waals surface area contributed by atoms with Gasteiger partial charge in [-0.25, -0.2) is 4.98 Å². The standard InChI is InChI=1S/C59H42N5O.Pt/c1-2-15-41(16-3-1)59(34-12-13-35-59)42-33-36-60-58(37-42)64-54-24-9-6-21-50(54)51-32-31-47(39-57(51)64)65-46-18-14-17-45(38-46)62-40-61(55-25-10-11-26-56(55)62)43-27-29-44(30-28-43)63-52-22-7-4-19-48(52)49-20-5-8-23-53(49)63;/h1-11,14-33,36-37,40H,12-13,34-35H2;/q-3;. The van der Waals surface area contributed by atoms with Gasteiger partial charge in [-0.2, -0.15) is 12.1 Å². The molecule has 6 nitrogen and oxygen atoms in total. The fourth-order valence-electron chi connectivity index (χ4n) is 10.7. The topological polar surface area (TPSA) is 38.5 Å². The van der Waals surface area contributed by atoms with Gasteiger partial charge < -0.3 is 23.7 Å². The SMILES string of the molecule is [Pt].[c-]1c(Oc2[c-]c3c(cc2)c2ccccc2n3-c2cc(C3(c4ccccc4)CCCC3)ccn2)cccc1N1[CH-]N(c2ccc(-n3c4ccccc4c4ccccc43)cc2)c2ccccc21. The summed E-state index contributed by atoms with van der Waals surface area (Å²) in [6.07, 6.45) is 6.67. The van der Waals surface area contributed by atoms with Crippen molar-refractivity contribution in [2.75, 3.05) is 9.80 Å². The van der Waals surface area contributed by atoms with Crippen LogP contribution in [0.25, 0.3) is 55.1 Å². The quantitative estimate of drug-likeness (QED) is 0.142. The number of rotatable bonds is 8. The van der Waals surface area contributed by atoms with Crippen LogP contribution in [0.2, 0.25) is 0 Å². The van der Waals surface area contributed by atoms with E-state index in [1.165, 1.54) is 45.8 Å². The molecule has 0 amide bonds. The molecule has 4 heterocycles. The molecule has 0 radical (unpaired) electrons. The summed E-state index contributed by atoms with van der Waals surface area (Å²) in [5.74, 6) is 2.09. The second kappa shape index (κ2) is 16.2. The van der Waals surface area contributed by atoms with Gasteiger partial charge in [0.2, 0.25) is 0 Å². The minimum Gasteiger partial charge on any atom is -0.509 e. The average Bonchev–Trinajstić information content (AvgIpc) is 4.17. The van der Waals surface area contributed by atoms with E-state index in [9.17, 15) is 0 Å². The Labute approximate surface area is 398 Å². The van der Waals surface area contributed by atoms with E-state index in [0.29, 0.717) is 11.5 Å². The summed E-state index contributed by atoms with van der Waals surface area (Å²) in [4.78, 5) is 9.43. The molecule has 3 aromatic heterocycles. The second-order valence-electron chi connectivity index (χ2n) is 17.2. The first-order chi connectivity index (χ1) is 32.2. The molecule has 1 aliphatic heterocycles. The maximum atomic E-state index is 6.66. The van der Waals surface area contributed by atoms with Crippen LogP contribution < -0.4 is 14.5 Å². The Morgan fingerprint density at radius 3 is 1.79 bits per heavy atom. The smallest absolute Gasteiger partial charge is 0.135 e. The molecule has 66 heavy (non-hydrogen) atoms. The fourth-order valence-corrected chi connectivity index (χ4v) is 10.7. The normalized spacial score (nSPS) is 14.3. The van der Waals surface area contributed by atoms with Crippen molar-refractivity contribution >= 4 is 66.4 Å². The summed E-state index contributed by atoms with van der Waals surface area (Å²) in [6.45, 7) is 2.14. The van der Waals surface area contributed by atoms with Crippen molar-refractivity contribution in [2.24, 2.45) is 0 Å². The predicted molar refractivity (Wildman–Crippen MR) is 264 cm³/mol. The van der Waals surface area contributed by atoms with Crippen molar-refractivity contribution in [2.45, 2.75) is 31.1 Å². The van der Waals surface area contributed by atoms with E-state index in [1.807, 2.05) is 24.4 Å². The van der Waals surface area contributed by atoms with E-state index >= 15 is 0 Å². The van der Waals surface area contributed by atoms with Crippen molar-refractivity contribution in [1.29, 1.82) is 0 Å². The van der Waals surface area contributed by atoms with Crippen molar-refractivity contribution in [3.05, 3.63) is 230 Å². The van der Waals surface area contributed by atoms with E-state index in [0.717, 1.165) is 68.9 Å². The van der Waals surface area contributed by atoms with Crippen molar-refractivity contribution in [3.63, 3.8) is 0 Å². The van der Waals surface area contributed by atoms with Gasteiger partial charge in [-0.1, -0.05) is 115 Å². The van der Waals surface area contributed by atoms with Crippen LogP contribution in [-0.2, 0) is 26.5 Å². The third-order valence-electron chi connectivity index (χ3n) is 13.7. The maximum absolute atomic E-state index is 6.66. The van der Waals surface area contributed by atoms with Gasteiger partial charge in [0.15, 0.2) is 0 Å². The van der Waals surface area contributed by atoms with Gasteiger partial charge >= 0.3 is 0 Å². The molecule has 0 saturated heterocycles. The summed E-state index contributed by atoms with van der Waals surface area (Å²) in [5, 5.41) is 4.76. The first-order valence-corrected chi connectivity index (χ1v) is 22.5. The van der Waals surface area contributed by atoms with Gasteiger partial charge in [0.1, 0.15) is 5.82 Å². The minimum atomic E-state index is -0.0279. The Morgan fingerprint density at radius 2 is 1.08 bits per heavy atom. The number of fused-ring (bicyclic) bond motifs is 7. The first-order valence-electron chi connectivity index (χ1n) is 22.5. The molecule has 2 aliphatic rings. The van der Waals surface area contributed by atoms with Crippen LogP contribution in [-0.4, -0.2) is 14.1 Å². The molecule has 0 N–H and O–H groups in total. The number of benzene rings is 8. The van der Waals surface area contributed by atoms with Crippen LogP contribution in [0.15, 0.2) is 200 Å². The number of hydrogen-bond donors (Lipinski definition) is 0. The van der Waals surface area contributed by atoms with Crippen LogP contribution in [0, 0.1) is 18.8 Å². The summed E-state index contributed by atoms with van der Waals surface area (Å²) in [7, 11) is 0.